The van der Waals surface area contributed by atoms with E-state index in [4.69, 9.17) is 9.84 Å². The normalized spacial score (nSPS) is 21.4. The third-order valence-corrected chi connectivity index (χ3v) is 3.97. The van der Waals surface area contributed by atoms with Crippen molar-refractivity contribution in [3.05, 3.63) is 35.4 Å². The number of hydrogen-bond donors (Lipinski definition) is 2. The lowest BCUT2D eigenvalue weighted by atomic mass is 10.1. The quantitative estimate of drug-likeness (QED) is 0.745. The minimum Gasteiger partial charge on any atom is -0.481 e. The molecule has 0 saturated carbocycles. The maximum absolute atomic E-state index is 12.0. The number of morpholine rings is 1. The second-order valence-electron chi connectivity index (χ2n) is 6.40. The van der Waals surface area contributed by atoms with Crippen LogP contribution < -0.4 is 5.32 Å². The van der Waals surface area contributed by atoms with E-state index < -0.39 is 5.97 Å². The van der Waals surface area contributed by atoms with E-state index in [-0.39, 0.29) is 24.5 Å². The van der Waals surface area contributed by atoms with Crippen LogP contribution in [0.2, 0.25) is 0 Å². The van der Waals surface area contributed by atoms with Gasteiger partial charge in [-0.05, 0) is 38.0 Å². The van der Waals surface area contributed by atoms with E-state index in [1.54, 1.807) is 0 Å². The summed E-state index contributed by atoms with van der Waals surface area (Å²) < 4.78 is 5.73. The number of carboxylic acid groups (broad SMARTS) is 1. The first-order valence-electron chi connectivity index (χ1n) is 8.41. The van der Waals surface area contributed by atoms with Crippen molar-refractivity contribution < 1.29 is 19.4 Å². The summed E-state index contributed by atoms with van der Waals surface area (Å²) >= 11 is 0. The Kier molecular flexibility index (Phi) is 6.75. The summed E-state index contributed by atoms with van der Waals surface area (Å²) in [5.41, 5.74) is 1.76. The van der Waals surface area contributed by atoms with Crippen LogP contribution in [0.1, 0.15) is 42.6 Å². The number of hydrogen-bond acceptors (Lipinski definition) is 4. The molecule has 132 valence electrons. The molecule has 6 heteroatoms. The van der Waals surface area contributed by atoms with Crippen molar-refractivity contribution in [3.63, 3.8) is 0 Å². The SMILES string of the molecule is CC1CN(Cc2ccc(C(=O)NCCCC(=O)O)cc2)CC(C)O1. The van der Waals surface area contributed by atoms with Crippen LogP contribution in [0.25, 0.3) is 0 Å². The topological polar surface area (TPSA) is 78.9 Å². The van der Waals surface area contributed by atoms with Gasteiger partial charge in [-0.15, -0.1) is 0 Å². The van der Waals surface area contributed by atoms with Crippen molar-refractivity contribution in [2.45, 2.75) is 45.4 Å². The number of ether oxygens (including phenoxy) is 1. The van der Waals surface area contributed by atoms with Crippen molar-refractivity contribution in [1.82, 2.24) is 10.2 Å². The summed E-state index contributed by atoms with van der Waals surface area (Å²) in [6.07, 6.45) is 0.983. The van der Waals surface area contributed by atoms with Gasteiger partial charge in [-0.3, -0.25) is 14.5 Å². The summed E-state index contributed by atoms with van der Waals surface area (Å²) in [6.45, 7) is 7.21. The van der Waals surface area contributed by atoms with Crippen LogP contribution in [0.15, 0.2) is 24.3 Å². The third-order valence-electron chi connectivity index (χ3n) is 3.97. The molecule has 0 aromatic heterocycles. The van der Waals surface area contributed by atoms with Gasteiger partial charge in [0.15, 0.2) is 0 Å². The van der Waals surface area contributed by atoms with Gasteiger partial charge in [-0.25, -0.2) is 0 Å². The molecular formula is C18H26N2O4. The van der Waals surface area contributed by atoms with Crippen LogP contribution in [0.4, 0.5) is 0 Å². The molecule has 1 aromatic rings. The fraction of sp³-hybridized carbons (Fsp3) is 0.556. The molecule has 0 radical (unpaired) electrons. The average molecular weight is 334 g/mol. The highest BCUT2D eigenvalue weighted by atomic mass is 16.5. The van der Waals surface area contributed by atoms with Crippen molar-refractivity contribution in [2.75, 3.05) is 19.6 Å². The maximum Gasteiger partial charge on any atom is 0.303 e. The van der Waals surface area contributed by atoms with Crippen molar-refractivity contribution >= 4 is 11.9 Å². The van der Waals surface area contributed by atoms with E-state index in [0.29, 0.717) is 18.5 Å². The Morgan fingerprint density at radius 1 is 1.21 bits per heavy atom. The zero-order valence-electron chi connectivity index (χ0n) is 14.3. The number of carbonyl (C=O) groups is 2. The lowest BCUT2D eigenvalue weighted by Gasteiger charge is -2.35. The minimum atomic E-state index is -0.847. The summed E-state index contributed by atoms with van der Waals surface area (Å²) in [4.78, 5) is 24.8. The number of rotatable bonds is 7. The molecule has 1 aromatic carbocycles. The first kappa shape index (κ1) is 18.4. The average Bonchev–Trinajstić information content (AvgIpc) is 2.51. The van der Waals surface area contributed by atoms with Gasteiger partial charge in [-0.2, -0.15) is 0 Å². The van der Waals surface area contributed by atoms with Crippen LogP contribution in [0, 0.1) is 0 Å². The van der Waals surface area contributed by atoms with Crippen molar-refractivity contribution in [3.8, 4) is 0 Å². The van der Waals surface area contributed by atoms with Crippen molar-refractivity contribution in [1.29, 1.82) is 0 Å². The molecule has 1 aliphatic heterocycles. The molecule has 2 rings (SSSR count). The summed E-state index contributed by atoms with van der Waals surface area (Å²) in [6, 6.07) is 7.57. The number of nitrogens with zero attached hydrogens (tertiary/aromatic N) is 1. The first-order chi connectivity index (χ1) is 11.4. The number of carbonyl (C=O) groups excluding carboxylic acids is 1. The third kappa shape index (κ3) is 5.94. The zero-order chi connectivity index (χ0) is 17.5. The molecule has 0 bridgehead atoms. The lowest BCUT2D eigenvalue weighted by molar-refractivity contribution is -0.137. The van der Waals surface area contributed by atoms with E-state index in [1.807, 2.05) is 24.3 Å². The number of benzene rings is 1. The highest BCUT2D eigenvalue weighted by molar-refractivity contribution is 5.94. The maximum atomic E-state index is 12.0. The van der Waals surface area contributed by atoms with E-state index in [2.05, 4.69) is 24.1 Å². The molecule has 1 heterocycles. The Balaban J connectivity index is 1.81. The van der Waals surface area contributed by atoms with Gasteiger partial charge in [0.05, 0.1) is 12.2 Å². The number of amides is 1. The molecule has 2 atom stereocenters. The molecule has 0 spiro atoms. The molecule has 1 amide bonds. The molecule has 1 fully saturated rings. The van der Waals surface area contributed by atoms with Gasteiger partial charge in [0.1, 0.15) is 0 Å². The van der Waals surface area contributed by atoms with Crippen LogP contribution in [0.5, 0.6) is 0 Å². The Hall–Kier alpha value is -1.92. The second kappa shape index (κ2) is 8.80. The highest BCUT2D eigenvalue weighted by Crippen LogP contribution is 2.14. The van der Waals surface area contributed by atoms with E-state index in [9.17, 15) is 9.59 Å². The zero-order valence-corrected chi connectivity index (χ0v) is 14.3. The molecule has 6 nitrogen and oxygen atoms in total. The fourth-order valence-corrected chi connectivity index (χ4v) is 2.98. The molecular weight excluding hydrogens is 308 g/mol. The van der Waals surface area contributed by atoms with Gasteiger partial charge in [0.2, 0.25) is 0 Å². The van der Waals surface area contributed by atoms with Crippen LogP contribution >= 0.6 is 0 Å². The van der Waals surface area contributed by atoms with E-state index >= 15 is 0 Å². The fourth-order valence-electron chi connectivity index (χ4n) is 2.98. The molecule has 1 aliphatic rings. The van der Waals surface area contributed by atoms with Gasteiger partial charge in [-0.1, -0.05) is 12.1 Å². The predicted molar refractivity (Wildman–Crippen MR) is 90.9 cm³/mol. The van der Waals surface area contributed by atoms with Crippen molar-refractivity contribution in [2.24, 2.45) is 0 Å². The number of nitrogens with one attached hydrogen (secondary N) is 1. The molecule has 2 N–H and O–H groups in total. The van der Waals surface area contributed by atoms with E-state index in [0.717, 1.165) is 19.6 Å². The monoisotopic (exact) mass is 334 g/mol. The largest absolute Gasteiger partial charge is 0.481 e. The Morgan fingerprint density at radius 2 is 1.83 bits per heavy atom. The summed E-state index contributed by atoms with van der Waals surface area (Å²) in [5.74, 6) is -1.01. The van der Waals surface area contributed by atoms with Crippen LogP contribution in [-0.2, 0) is 16.1 Å². The van der Waals surface area contributed by atoms with Gasteiger partial charge in [0.25, 0.3) is 5.91 Å². The van der Waals surface area contributed by atoms with Gasteiger partial charge >= 0.3 is 5.97 Å². The summed E-state index contributed by atoms with van der Waals surface area (Å²) in [7, 11) is 0. The van der Waals surface area contributed by atoms with E-state index in [1.165, 1.54) is 5.56 Å². The standard InChI is InChI=1S/C18H26N2O4/c1-13-10-20(11-14(2)24-13)12-15-5-7-16(8-6-15)18(23)19-9-3-4-17(21)22/h5-8,13-14H,3-4,9-12H2,1-2H3,(H,19,23)(H,21,22). The summed E-state index contributed by atoms with van der Waals surface area (Å²) in [5, 5.41) is 11.3. The Morgan fingerprint density at radius 3 is 2.42 bits per heavy atom. The smallest absolute Gasteiger partial charge is 0.303 e. The molecule has 0 aliphatic carbocycles. The number of carboxylic acids is 1. The Bertz CT molecular complexity index is 549. The Labute approximate surface area is 142 Å². The van der Waals surface area contributed by atoms with Gasteiger partial charge < -0.3 is 15.2 Å². The van der Waals surface area contributed by atoms with Crippen LogP contribution in [0.3, 0.4) is 0 Å². The second-order valence-corrected chi connectivity index (χ2v) is 6.40. The molecule has 24 heavy (non-hydrogen) atoms. The number of aliphatic carboxylic acids is 1. The molecule has 2 unspecified atom stereocenters. The highest BCUT2D eigenvalue weighted by Gasteiger charge is 2.22. The molecule has 1 saturated heterocycles. The predicted octanol–water partition coefficient (Wildman–Crippen LogP) is 1.89. The van der Waals surface area contributed by atoms with Crippen LogP contribution in [-0.4, -0.2) is 53.7 Å². The lowest BCUT2D eigenvalue weighted by Crippen LogP contribution is -2.44. The minimum absolute atomic E-state index is 0.0651. The first-order valence-corrected chi connectivity index (χ1v) is 8.41. The van der Waals surface area contributed by atoms with Gasteiger partial charge in [0, 0.05) is 38.2 Å².